The summed E-state index contributed by atoms with van der Waals surface area (Å²) < 4.78 is 5.11. The van der Waals surface area contributed by atoms with Crippen molar-refractivity contribution in [3.05, 3.63) is 64.7 Å². The molecule has 2 aromatic rings. The molecule has 0 fully saturated rings. The van der Waals surface area contributed by atoms with Crippen molar-refractivity contribution in [2.45, 2.75) is 6.92 Å². The summed E-state index contributed by atoms with van der Waals surface area (Å²) in [6, 6.07) is 13.5. The van der Waals surface area contributed by atoms with Gasteiger partial charge in [-0.05, 0) is 55.0 Å². The lowest BCUT2D eigenvalue weighted by molar-refractivity contribution is 0.415. The van der Waals surface area contributed by atoms with E-state index in [0.29, 0.717) is 0 Å². The number of methoxy groups -OCH3 is 1. The second kappa shape index (κ2) is 5.80. The summed E-state index contributed by atoms with van der Waals surface area (Å²) in [4.78, 5) is 0. The summed E-state index contributed by atoms with van der Waals surface area (Å²) in [6.07, 6.45) is 5.40. The van der Waals surface area contributed by atoms with Crippen LogP contribution in [0.5, 0.6) is 5.75 Å². The van der Waals surface area contributed by atoms with Crippen LogP contribution in [0.2, 0.25) is 0 Å². The Labute approximate surface area is 114 Å². The Morgan fingerprint density at radius 3 is 2.16 bits per heavy atom. The minimum Gasteiger partial charge on any atom is -0.497 e. The van der Waals surface area contributed by atoms with E-state index in [1.165, 1.54) is 0 Å². The molecular weight excluding hydrogens is 232 g/mol. The molecule has 0 aromatic heterocycles. The van der Waals surface area contributed by atoms with Crippen molar-refractivity contribution in [1.82, 2.24) is 0 Å². The van der Waals surface area contributed by atoms with E-state index < -0.39 is 0 Å². The zero-order valence-corrected chi connectivity index (χ0v) is 11.0. The van der Waals surface area contributed by atoms with Gasteiger partial charge in [-0.2, -0.15) is 0 Å². The van der Waals surface area contributed by atoms with Crippen molar-refractivity contribution in [2.24, 2.45) is 0 Å². The van der Waals surface area contributed by atoms with Gasteiger partial charge in [0.2, 0.25) is 0 Å². The zero-order chi connectivity index (χ0) is 13.7. The maximum atomic E-state index is 5.40. The number of terminal acetylenes is 1. The SMILES string of the molecule is C#Cc1ccc(C#Cc2ccc(OC)cc2)cc1C. The summed E-state index contributed by atoms with van der Waals surface area (Å²) in [5.41, 5.74) is 3.91. The fraction of sp³-hybridized carbons (Fsp3) is 0.111. The molecule has 0 amide bonds. The molecule has 0 heterocycles. The fourth-order valence-electron chi connectivity index (χ4n) is 1.72. The number of ether oxygens (including phenoxy) is 1. The van der Waals surface area contributed by atoms with E-state index in [1.54, 1.807) is 7.11 Å². The van der Waals surface area contributed by atoms with Crippen molar-refractivity contribution in [3.8, 4) is 29.9 Å². The van der Waals surface area contributed by atoms with E-state index in [4.69, 9.17) is 11.2 Å². The predicted octanol–water partition coefficient (Wildman–Crippen LogP) is 3.38. The zero-order valence-electron chi connectivity index (χ0n) is 11.0. The van der Waals surface area contributed by atoms with Crippen molar-refractivity contribution in [3.63, 3.8) is 0 Å². The quantitative estimate of drug-likeness (QED) is 0.701. The van der Waals surface area contributed by atoms with Gasteiger partial charge in [-0.25, -0.2) is 0 Å². The van der Waals surface area contributed by atoms with E-state index in [1.807, 2.05) is 49.4 Å². The summed E-state index contributed by atoms with van der Waals surface area (Å²) in [5, 5.41) is 0. The topological polar surface area (TPSA) is 9.23 Å². The van der Waals surface area contributed by atoms with Gasteiger partial charge in [0.05, 0.1) is 7.11 Å². The van der Waals surface area contributed by atoms with Gasteiger partial charge < -0.3 is 4.74 Å². The third-order valence-corrected chi connectivity index (χ3v) is 2.82. The summed E-state index contributed by atoms with van der Waals surface area (Å²) >= 11 is 0. The minimum absolute atomic E-state index is 0.833. The molecule has 0 atom stereocenters. The van der Waals surface area contributed by atoms with Crippen LogP contribution in [0.1, 0.15) is 22.3 Å². The molecule has 1 nitrogen and oxygen atoms in total. The Balaban J connectivity index is 2.24. The standard InChI is InChI=1S/C18H14O/c1-4-17-10-7-16(13-14(17)2)6-5-15-8-11-18(19-3)12-9-15/h1,7-13H,2-3H3. The Kier molecular flexibility index (Phi) is 3.91. The van der Waals surface area contributed by atoms with Gasteiger partial charge in [-0.3, -0.25) is 0 Å². The third-order valence-electron chi connectivity index (χ3n) is 2.82. The summed E-state index contributed by atoms with van der Waals surface area (Å²) in [6.45, 7) is 1.99. The Bertz CT molecular complexity index is 676. The molecule has 0 N–H and O–H groups in total. The second-order valence-corrected chi connectivity index (χ2v) is 4.15. The first-order valence-corrected chi connectivity index (χ1v) is 5.96. The summed E-state index contributed by atoms with van der Waals surface area (Å²) in [7, 11) is 1.65. The first-order chi connectivity index (χ1) is 9.22. The normalized spacial score (nSPS) is 9.11. The largest absolute Gasteiger partial charge is 0.497 e. The molecule has 2 rings (SSSR count). The lowest BCUT2D eigenvalue weighted by Gasteiger charge is -1.99. The van der Waals surface area contributed by atoms with E-state index in [9.17, 15) is 0 Å². The highest BCUT2D eigenvalue weighted by molar-refractivity contribution is 5.49. The van der Waals surface area contributed by atoms with Crippen LogP contribution >= 0.6 is 0 Å². The van der Waals surface area contributed by atoms with Crippen LogP contribution in [0, 0.1) is 31.1 Å². The van der Waals surface area contributed by atoms with Crippen LogP contribution in [-0.2, 0) is 0 Å². The van der Waals surface area contributed by atoms with Crippen molar-refractivity contribution in [2.75, 3.05) is 7.11 Å². The van der Waals surface area contributed by atoms with Crippen molar-refractivity contribution in [1.29, 1.82) is 0 Å². The number of rotatable bonds is 1. The highest BCUT2D eigenvalue weighted by Crippen LogP contribution is 2.11. The van der Waals surface area contributed by atoms with Gasteiger partial charge >= 0.3 is 0 Å². The molecule has 0 radical (unpaired) electrons. The van der Waals surface area contributed by atoms with Gasteiger partial charge in [-0.1, -0.05) is 17.8 Å². The molecule has 0 saturated heterocycles. The molecular formula is C18H14O. The van der Waals surface area contributed by atoms with E-state index in [-0.39, 0.29) is 0 Å². The maximum absolute atomic E-state index is 5.40. The van der Waals surface area contributed by atoms with Gasteiger partial charge in [0.15, 0.2) is 0 Å². The molecule has 0 aliphatic rings. The first kappa shape index (κ1) is 12.8. The molecule has 92 valence electrons. The van der Waals surface area contributed by atoms with Crippen molar-refractivity contribution >= 4 is 0 Å². The Morgan fingerprint density at radius 2 is 1.58 bits per heavy atom. The lowest BCUT2D eigenvalue weighted by Crippen LogP contribution is -1.84. The molecule has 19 heavy (non-hydrogen) atoms. The van der Waals surface area contributed by atoms with E-state index in [2.05, 4.69) is 17.8 Å². The Hall–Kier alpha value is -2.64. The van der Waals surface area contributed by atoms with Crippen LogP contribution in [0.4, 0.5) is 0 Å². The molecule has 0 saturated carbocycles. The molecule has 2 aromatic carbocycles. The lowest BCUT2D eigenvalue weighted by atomic mass is 10.1. The van der Waals surface area contributed by atoms with Crippen LogP contribution in [0.3, 0.4) is 0 Å². The van der Waals surface area contributed by atoms with Crippen LogP contribution in [0.25, 0.3) is 0 Å². The minimum atomic E-state index is 0.833. The molecule has 0 spiro atoms. The predicted molar refractivity (Wildman–Crippen MR) is 78.1 cm³/mol. The van der Waals surface area contributed by atoms with E-state index >= 15 is 0 Å². The fourth-order valence-corrected chi connectivity index (χ4v) is 1.72. The van der Waals surface area contributed by atoms with Gasteiger partial charge in [-0.15, -0.1) is 6.42 Å². The van der Waals surface area contributed by atoms with Crippen molar-refractivity contribution < 1.29 is 4.74 Å². The van der Waals surface area contributed by atoms with Crippen LogP contribution in [-0.4, -0.2) is 7.11 Å². The van der Waals surface area contributed by atoms with E-state index in [0.717, 1.165) is 28.0 Å². The third kappa shape index (κ3) is 3.18. The molecule has 1 heteroatoms. The molecule has 0 aliphatic carbocycles. The number of aryl methyl sites for hydroxylation is 1. The van der Waals surface area contributed by atoms with Gasteiger partial charge in [0.25, 0.3) is 0 Å². The number of hydrogen-bond donors (Lipinski definition) is 0. The average Bonchev–Trinajstić information content (AvgIpc) is 2.46. The molecule has 0 aliphatic heterocycles. The monoisotopic (exact) mass is 246 g/mol. The highest BCUT2D eigenvalue weighted by atomic mass is 16.5. The number of benzene rings is 2. The smallest absolute Gasteiger partial charge is 0.118 e. The average molecular weight is 246 g/mol. The first-order valence-electron chi connectivity index (χ1n) is 5.96. The second-order valence-electron chi connectivity index (χ2n) is 4.15. The number of hydrogen-bond acceptors (Lipinski definition) is 1. The Morgan fingerprint density at radius 1 is 0.947 bits per heavy atom. The highest BCUT2D eigenvalue weighted by Gasteiger charge is 1.95. The van der Waals surface area contributed by atoms with Gasteiger partial charge in [0, 0.05) is 16.7 Å². The summed E-state index contributed by atoms with van der Waals surface area (Å²) in [5.74, 6) is 9.73. The van der Waals surface area contributed by atoms with Crippen LogP contribution in [0.15, 0.2) is 42.5 Å². The molecule has 0 bridgehead atoms. The maximum Gasteiger partial charge on any atom is 0.118 e. The van der Waals surface area contributed by atoms with Gasteiger partial charge in [0.1, 0.15) is 5.75 Å². The van der Waals surface area contributed by atoms with Crippen LogP contribution < -0.4 is 4.74 Å². The molecule has 0 unspecified atom stereocenters.